The van der Waals surface area contributed by atoms with Gasteiger partial charge in [-0.05, 0) is 31.9 Å². The Labute approximate surface area is 82.6 Å². The summed E-state index contributed by atoms with van der Waals surface area (Å²) in [6.45, 7) is 6.26. The molecule has 0 aliphatic heterocycles. The van der Waals surface area contributed by atoms with E-state index in [0.29, 0.717) is 4.67 Å². The van der Waals surface area contributed by atoms with Gasteiger partial charge in [0.05, 0.1) is 4.47 Å². The molecule has 0 aliphatic rings. The second kappa shape index (κ2) is 2.90. The molecular weight excluding hydrogens is 274 g/mol. The van der Waals surface area contributed by atoms with Gasteiger partial charge in [0.15, 0.2) is 0 Å². The van der Waals surface area contributed by atoms with Gasteiger partial charge in [-0.3, -0.25) is 0 Å². The summed E-state index contributed by atoms with van der Waals surface area (Å²) in [5.74, 6) is 0. The zero-order chi connectivity index (χ0) is 8.65. The van der Waals surface area contributed by atoms with Gasteiger partial charge in [0, 0.05) is 5.41 Å². The van der Waals surface area contributed by atoms with Gasteiger partial charge in [-0.15, -0.1) is 0 Å². The molecule has 0 amide bonds. The van der Waals surface area contributed by atoms with Crippen molar-refractivity contribution in [1.82, 2.24) is 5.16 Å². The zero-order valence-electron chi connectivity index (χ0n) is 6.61. The largest absolute Gasteiger partial charge is 0.348 e. The maximum absolute atomic E-state index is 4.94. The molecular formula is C7H9Br2NO. The molecule has 0 spiro atoms. The SMILES string of the molecule is CC(C)(C)c1noc(Br)c1Br. The van der Waals surface area contributed by atoms with Gasteiger partial charge in [0.2, 0.25) is 4.67 Å². The Morgan fingerprint density at radius 2 is 1.82 bits per heavy atom. The van der Waals surface area contributed by atoms with Crippen molar-refractivity contribution < 1.29 is 4.52 Å². The summed E-state index contributed by atoms with van der Waals surface area (Å²) in [5.41, 5.74) is 0.957. The van der Waals surface area contributed by atoms with E-state index < -0.39 is 0 Å². The molecule has 0 unspecified atom stereocenters. The third kappa shape index (κ3) is 1.85. The normalized spacial score (nSPS) is 12.1. The van der Waals surface area contributed by atoms with E-state index in [1.54, 1.807) is 0 Å². The van der Waals surface area contributed by atoms with Crippen LogP contribution < -0.4 is 0 Å². The van der Waals surface area contributed by atoms with Crippen LogP contribution in [-0.4, -0.2) is 5.16 Å². The van der Waals surface area contributed by atoms with E-state index in [2.05, 4.69) is 57.8 Å². The van der Waals surface area contributed by atoms with Crippen LogP contribution in [0.25, 0.3) is 0 Å². The Morgan fingerprint density at radius 3 is 2.00 bits per heavy atom. The van der Waals surface area contributed by atoms with Gasteiger partial charge in [-0.2, -0.15) is 0 Å². The summed E-state index contributed by atoms with van der Waals surface area (Å²) in [6, 6.07) is 0. The van der Waals surface area contributed by atoms with Crippen molar-refractivity contribution in [3.8, 4) is 0 Å². The number of halogens is 2. The average molecular weight is 283 g/mol. The van der Waals surface area contributed by atoms with Crippen LogP contribution in [0.1, 0.15) is 26.5 Å². The van der Waals surface area contributed by atoms with Gasteiger partial charge in [0.1, 0.15) is 5.69 Å². The summed E-state index contributed by atoms with van der Waals surface area (Å²) >= 11 is 6.62. The Morgan fingerprint density at radius 1 is 1.27 bits per heavy atom. The maximum Gasteiger partial charge on any atom is 0.216 e. The van der Waals surface area contributed by atoms with Crippen molar-refractivity contribution in [2.24, 2.45) is 0 Å². The van der Waals surface area contributed by atoms with E-state index in [1.807, 2.05) is 0 Å². The van der Waals surface area contributed by atoms with Crippen molar-refractivity contribution in [3.63, 3.8) is 0 Å². The molecule has 0 atom stereocenters. The van der Waals surface area contributed by atoms with Crippen LogP contribution in [0.4, 0.5) is 0 Å². The van der Waals surface area contributed by atoms with Crippen LogP contribution in [0.15, 0.2) is 13.7 Å². The summed E-state index contributed by atoms with van der Waals surface area (Å²) in [6.07, 6.45) is 0. The predicted molar refractivity (Wildman–Crippen MR) is 50.6 cm³/mol. The monoisotopic (exact) mass is 281 g/mol. The Hall–Kier alpha value is 0.170. The van der Waals surface area contributed by atoms with Crippen LogP contribution in [0, 0.1) is 0 Å². The standard InChI is InChI=1S/C7H9Br2NO/c1-7(2,3)5-4(8)6(9)11-10-5/h1-3H3. The van der Waals surface area contributed by atoms with E-state index in [9.17, 15) is 0 Å². The number of nitrogens with zero attached hydrogens (tertiary/aromatic N) is 1. The van der Waals surface area contributed by atoms with Gasteiger partial charge in [-0.25, -0.2) is 0 Å². The molecule has 0 fully saturated rings. The topological polar surface area (TPSA) is 26.0 Å². The summed E-state index contributed by atoms with van der Waals surface area (Å²) in [5, 5.41) is 3.92. The molecule has 0 bridgehead atoms. The molecule has 1 heterocycles. The highest BCUT2D eigenvalue weighted by atomic mass is 79.9. The minimum absolute atomic E-state index is 0.0222. The highest BCUT2D eigenvalue weighted by Gasteiger charge is 2.23. The maximum atomic E-state index is 4.94. The van der Waals surface area contributed by atoms with Crippen LogP contribution in [-0.2, 0) is 5.41 Å². The third-order valence-electron chi connectivity index (χ3n) is 1.31. The molecule has 0 aromatic carbocycles. The van der Waals surface area contributed by atoms with Crippen LogP contribution in [0.3, 0.4) is 0 Å². The summed E-state index contributed by atoms with van der Waals surface area (Å²) in [7, 11) is 0. The first kappa shape index (κ1) is 9.26. The molecule has 0 N–H and O–H groups in total. The van der Waals surface area contributed by atoms with E-state index in [4.69, 9.17) is 4.52 Å². The molecule has 62 valence electrons. The molecule has 2 nitrogen and oxygen atoms in total. The highest BCUT2D eigenvalue weighted by Crippen LogP contribution is 2.33. The first-order valence-corrected chi connectivity index (χ1v) is 4.82. The molecule has 0 saturated heterocycles. The molecule has 1 aromatic heterocycles. The quantitative estimate of drug-likeness (QED) is 0.728. The molecule has 4 heteroatoms. The van der Waals surface area contributed by atoms with E-state index >= 15 is 0 Å². The molecule has 0 aliphatic carbocycles. The lowest BCUT2D eigenvalue weighted by atomic mass is 9.93. The molecule has 11 heavy (non-hydrogen) atoms. The van der Waals surface area contributed by atoms with Gasteiger partial charge in [0.25, 0.3) is 0 Å². The second-order valence-electron chi connectivity index (χ2n) is 3.37. The van der Waals surface area contributed by atoms with Gasteiger partial charge < -0.3 is 4.52 Å². The molecule has 0 radical (unpaired) electrons. The van der Waals surface area contributed by atoms with E-state index in [-0.39, 0.29) is 5.41 Å². The summed E-state index contributed by atoms with van der Waals surface area (Å²) < 4.78 is 6.50. The molecule has 1 aromatic rings. The van der Waals surface area contributed by atoms with Crippen molar-refractivity contribution in [2.75, 3.05) is 0 Å². The average Bonchev–Trinajstić information content (AvgIpc) is 2.11. The first-order valence-electron chi connectivity index (χ1n) is 3.24. The lowest BCUT2D eigenvalue weighted by molar-refractivity contribution is 0.377. The fourth-order valence-electron chi connectivity index (χ4n) is 0.725. The number of rotatable bonds is 0. The Balaban J connectivity index is 3.15. The lowest BCUT2D eigenvalue weighted by Crippen LogP contribution is -2.11. The van der Waals surface area contributed by atoms with E-state index in [1.165, 1.54) is 0 Å². The fourth-order valence-corrected chi connectivity index (χ4v) is 1.72. The lowest BCUT2D eigenvalue weighted by Gasteiger charge is -2.13. The van der Waals surface area contributed by atoms with Crippen LogP contribution >= 0.6 is 31.9 Å². The highest BCUT2D eigenvalue weighted by molar-refractivity contribution is 9.13. The number of hydrogen-bond donors (Lipinski definition) is 0. The van der Waals surface area contributed by atoms with Crippen LogP contribution in [0.5, 0.6) is 0 Å². The second-order valence-corrected chi connectivity index (χ2v) is 4.88. The van der Waals surface area contributed by atoms with Gasteiger partial charge in [-0.1, -0.05) is 25.9 Å². The van der Waals surface area contributed by atoms with E-state index in [0.717, 1.165) is 10.2 Å². The minimum atomic E-state index is 0.0222. The van der Waals surface area contributed by atoms with Crippen LogP contribution in [0.2, 0.25) is 0 Å². The number of aromatic nitrogens is 1. The van der Waals surface area contributed by atoms with Crippen molar-refractivity contribution in [3.05, 3.63) is 14.8 Å². The Bertz CT molecular complexity index is 262. The smallest absolute Gasteiger partial charge is 0.216 e. The predicted octanol–water partition coefficient (Wildman–Crippen LogP) is 3.50. The minimum Gasteiger partial charge on any atom is -0.348 e. The van der Waals surface area contributed by atoms with Crippen molar-refractivity contribution in [1.29, 1.82) is 0 Å². The Kier molecular flexibility index (Phi) is 2.44. The van der Waals surface area contributed by atoms with Crippen molar-refractivity contribution in [2.45, 2.75) is 26.2 Å². The van der Waals surface area contributed by atoms with Crippen molar-refractivity contribution >= 4 is 31.9 Å². The third-order valence-corrected chi connectivity index (χ3v) is 3.12. The van der Waals surface area contributed by atoms with Gasteiger partial charge >= 0.3 is 0 Å². The first-order chi connectivity index (χ1) is 4.93. The molecule has 1 rings (SSSR count). The fraction of sp³-hybridized carbons (Fsp3) is 0.571. The zero-order valence-corrected chi connectivity index (χ0v) is 9.78. The summed E-state index contributed by atoms with van der Waals surface area (Å²) in [4.78, 5) is 0. The molecule has 0 saturated carbocycles. The number of hydrogen-bond acceptors (Lipinski definition) is 2.